The molecule has 0 heterocycles. The molecule has 2 N–H and O–H groups in total. The molecule has 0 fully saturated rings. The first kappa shape index (κ1) is 14.4. The molecule has 2 rings (SSSR count). The van der Waals surface area contributed by atoms with Crippen molar-refractivity contribution in [1.82, 2.24) is 0 Å². The minimum Gasteiger partial charge on any atom is -0.376 e. The third-order valence-corrected chi connectivity index (χ3v) is 3.44. The first-order valence-corrected chi connectivity index (χ1v) is 6.79. The molecule has 0 saturated heterocycles. The minimum atomic E-state index is -0.128. The van der Waals surface area contributed by atoms with E-state index in [1.165, 1.54) is 11.1 Å². The predicted molar refractivity (Wildman–Crippen MR) is 84.5 cm³/mol. The fourth-order valence-corrected chi connectivity index (χ4v) is 1.97. The fraction of sp³-hybridized carbons (Fsp3) is 0.188. The lowest BCUT2D eigenvalue weighted by Gasteiger charge is -2.10. The smallest absolute Gasteiger partial charge is 0.243 e. The Morgan fingerprint density at radius 2 is 1.85 bits per heavy atom. The molecule has 0 spiro atoms. The van der Waals surface area contributed by atoms with Crippen molar-refractivity contribution < 1.29 is 4.79 Å². The third-order valence-electron chi connectivity index (χ3n) is 3.11. The maximum Gasteiger partial charge on any atom is 0.243 e. The van der Waals surface area contributed by atoms with E-state index in [1.54, 1.807) is 12.1 Å². The van der Waals surface area contributed by atoms with Gasteiger partial charge in [-0.3, -0.25) is 4.79 Å². The predicted octanol–water partition coefficient (Wildman–Crippen LogP) is 4.01. The molecule has 104 valence electrons. The lowest BCUT2D eigenvalue weighted by atomic mass is 10.1. The molecule has 20 heavy (non-hydrogen) atoms. The molecule has 0 atom stereocenters. The van der Waals surface area contributed by atoms with Crippen molar-refractivity contribution >= 4 is 28.9 Å². The van der Waals surface area contributed by atoms with E-state index < -0.39 is 0 Å². The van der Waals surface area contributed by atoms with Crippen molar-refractivity contribution in [3.63, 3.8) is 0 Å². The van der Waals surface area contributed by atoms with Crippen molar-refractivity contribution in [2.24, 2.45) is 0 Å². The summed E-state index contributed by atoms with van der Waals surface area (Å²) < 4.78 is 0. The molecule has 4 heteroatoms. The Labute approximate surface area is 124 Å². The highest BCUT2D eigenvalue weighted by molar-refractivity contribution is 6.33. The molecule has 2 aromatic rings. The topological polar surface area (TPSA) is 41.1 Å². The number of halogens is 1. The summed E-state index contributed by atoms with van der Waals surface area (Å²) in [6.07, 6.45) is 0. The first-order valence-electron chi connectivity index (χ1n) is 6.42. The third kappa shape index (κ3) is 3.75. The molecule has 0 aliphatic carbocycles. The average Bonchev–Trinajstić information content (AvgIpc) is 2.43. The highest BCUT2D eigenvalue weighted by Crippen LogP contribution is 2.20. The molecule has 1 amide bonds. The van der Waals surface area contributed by atoms with Gasteiger partial charge in [-0.05, 0) is 49.2 Å². The second-order valence-corrected chi connectivity index (χ2v) is 5.09. The van der Waals surface area contributed by atoms with Gasteiger partial charge in [0.2, 0.25) is 5.91 Å². The van der Waals surface area contributed by atoms with Gasteiger partial charge in [-0.2, -0.15) is 0 Å². The van der Waals surface area contributed by atoms with Crippen molar-refractivity contribution in [3.05, 3.63) is 58.6 Å². The van der Waals surface area contributed by atoms with E-state index in [0.717, 1.165) is 5.69 Å². The molecular weight excluding hydrogens is 272 g/mol. The fourth-order valence-electron chi connectivity index (χ4n) is 1.79. The number of carbonyl (C=O) groups excluding carboxylic acids is 1. The van der Waals surface area contributed by atoms with Gasteiger partial charge in [0, 0.05) is 5.69 Å². The Morgan fingerprint density at radius 1 is 1.10 bits per heavy atom. The van der Waals surface area contributed by atoms with Crippen molar-refractivity contribution in [2.45, 2.75) is 13.8 Å². The van der Waals surface area contributed by atoms with Crippen LogP contribution in [0.2, 0.25) is 5.02 Å². The van der Waals surface area contributed by atoms with Crippen LogP contribution in [0.3, 0.4) is 0 Å². The number of rotatable bonds is 4. The molecule has 3 nitrogen and oxygen atoms in total. The Balaban J connectivity index is 1.92. The summed E-state index contributed by atoms with van der Waals surface area (Å²) in [6.45, 7) is 4.31. The standard InChI is InChI=1S/C16H17ClN2O/c1-11-7-8-13(9-12(11)2)18-10-16(20)19-15-6-4-3-5-14(15)17/h3-9,18H,10H2,1-2H3,(H,19,20). The normalized spacial score (nSPS) is 10.2. The molecule has 2 aromatic carbocycles. The number of anilines is 2. The summed E-state index contributed by atoms with van der Waals surface area (Å²) in [5, 5.41) is 6.40. The molecule has 0 bridgehead atoms. The SMILES string of the molecule is Cc1ccc(NCC(=O)Nc2ccccc2Cl)cc1C. The zero-order valence-electron chi connectivity index (χ0n) is 11.5. The average molecular weight is 289 g/mol. The highest BCUT2D eigenvalue weighted by Gasteiger charge is 2.05. The summed E-state index contributed by atoms with van der Waals surface area (Å²) in [4.78, 5) is 11.9. The van der Waals surface area contributed by atoms with Gasteiger partial charge < -0.3 is 10.6 Å². The van der Waals surface area contributed by atoms with Crippen molar-refractivity contribution in [1.29, 1.82) is 0 Å². The number of amides is 1. The molecule has 0 unspecified atom stereocenters. The summed E-state index contributed by atoms with van der Waals surface area (Å²) in [6, 6.07) is 13.2. The zero-order valence-corrected chi connectivity index (χ0v) is 12.3. The minimum absolute atomic E-state index is 0.128. The molecule has 0 aliphatic heterocycles. The van der Waals surface area contributed by atoms with E-state index in [2.05, 4.69) is 17.6 Å². The monoisotopic (exact) mass is 288 g/mol. The van der Waals surface area contributed by atoms with Crippen LogP contribution in [-0.2, 0) is 4.79 Å². The summed E-state index contributed by atoms with van der Waals surface area (Å²) in [5.74, 6) is -0.128. The molecule has 0 saturated carbocycles. The highest BCUT2D eigenvalue weighted by atomic mass is 35.5. The van der Waals surface area contributed by atoms with Gasteiger partial charge in [-0.15, -0.1) is 0 Å². The van der Waals surface area contributed by atoms with Crippen LogP contribution in [0.5, 0.6) is 0 Å². The zero-order chi connectivity index (χ0) is 14.5. The molecule has 0 aliphatic rings. The van der Waals surface area contributed by atoms with Crippen LogP contribution < -0.4 is 10.6 Å². The van der Waals surface area contributed by atoms with Crippen molar-refractivity contribution in [2.75, 3.05) is 17.2 Å². The van der Waals surface area contributed by atoms with Gasteiger partial charge >= 0.3 is 0 Å². The number of aryl methyl sites for hydroxylation is 2. The Bertz CT molecular complexity index is 626. The van der Waals surface area contributed by atoms with Gasteiger partial charge in [0.15, 0.2) is 0 Å². The van der Waals surface area contributed by atoms with E-state index in [-0.39, 0.29) is 12.5 Å². The van der Waals surface area contributed by atoms with E-state index in [0.29, 0.717) is 10.7 Å². The Kier molecular flexibility index (Phi) is 4.64. The van der Waals surface area contributed by atoms with Gasteiger partial charge in [-0.25, -0.2) is 0 Å². The second-order valence-electron chi connectivity index (χ2n) is 4.68. The number of benzene rings is 2. The lowest BCUT2D eigenvalue weighted by Crippen LogP contribution is -2.21. The van der Waals surface area contributed by atoms with Crippen LogP contribution in [0.1, 0.15) is 11.1 Å². The second kappa shape index (κ2) is 6.44. The largest absolute Gasteiger partial charge is 0.376 e. The summed E-state index contributed by atoms with van der Waals surface area (Å²) in [5.41, 5.74) is 3.99. The maximum absolute atomic E-state index is 11.9. The summed E-state index contributed by atoms with van der Waals surface area (Å²) >= 11 is 5.99. The van der Waals surface area contributed by atoms with Crippen LogP contribution in [0.4, 0.5) is 11.4 Å². The lowest BCUT2D eigenvalue weighted by molar-refractivity contribution is -0.114. The number of nitrogens with one attached hydrogen (secondary N) is 2. The number of hydrogen-bond acceptors (Lipinski definition) is 2. The Hall–Kier alpha value is -2.00. The van der Waals surface area contributed by atoms with Gasteiger partial charge in [0.1, 0.15) is 0 Å². The molecule has 0 aromatic heterocycles. The van der Waals surface area contributed by atoms with E-state index >= 15 is 0 Å². The number of carbonyl (C=O) groups is 1. The maximum atomic E-state index is 11.9. The first-order chi connectivity index (χ1) is 9.56. The van der Waals surface area contributed by atoms with Gasteiger partial charge in [0.05, 0.1) is 17.3 Å². The van der Waals surface area contributed by atoms with Crippen LogP contribution in [0, 0.1) is 13.8 Å². The molecular formula is C16H17ClN2O. The molecule has 0 radical (unpaired) electrons. The van der Waals surface area contributed by atoms with E-state index in [4.69, 9.17) is 11.6 Å². The quantitative estimate of drug-likeness (QED) is 0.892. The van der Waals surface area contributed by atoms with Crippen LogP contribution in [0.15, 0.2) is 42.5 Å². The van der Waals surface area contributed by atoms with Crippen molar-refractivity contribution in [3.8, 4) is 0 Å². The number of para-hydroxylation sites is 1. The van der Waals surface area contributed by atoms with E-state index in [1.807, 2.05) is 37.3 Å². The van der Waals surface area contributed by atoms with Crippen LogP contribution in [0.25, 0.3) is 0 Å². The van der Waals surface area contributed by atoms with Gasteiger partial charge in [-0.1, -0.05) is 29.8 Å². The van der Waals surface area contributed by atoms with Crippen LogP contribution >= 0.6 is 11.6 Å². The van der Waals surface area contributed by atoms with E-state index in [9.17, 15) is 4.79 Å². The van der Waals surface area contributed by atoms with Crippen LogP contribution in [-0.4, -0.2) is 12.5 Å². The summed E-state index contributed by atoms with van der Waals surface area (Å²) in [7, 11) is 0. The number of hydrogen-bond donors (Lipinski definition) is 2. The Morgan fingerprint density at radius 3 is 2.55 bits per heavy atom. The van der Waals surface area contributed by atoms with Gasteiger partial charge in [0.25, 0.3) is 0 Å².